The second-order valence-corrected chi connectivity index (χ2v) is 6.35. The van der Waals surface area contributed by atoms with Gasteiger partial charge in [0.25, 0.3) is 11.8 Å². The standard InChI is InChI=1S/C17H13N3O3S/c21-16-11-5-1-2-6-12(11)17(22)20(16)9-3-8-14-18-15(19-23-14)13-7-4-10-24-13/h1-2,4-7,10H,3,8-9H2. The summed E-state index contributed by atoms with van der Waals surface area (Å²) in [4.78, 5) is 31.1. The van der Waals surface area contributed by atoms with Crippen molar-refractivity contribution in [2.75, 3.05) is 6.54 Å². The number of fused-ring (bicyclic) bond motifs is 1. The molecule has 0 unspecified atom stereocenters. The fourth-order valence-electron chi connectivity index (χ4n) is 2.69. The summed E-state index contributed by atoms with van der Waals surface area (Å²) >= 11 is 1.54. The third-order valence-corrected chi connectivity index (χ3v) is 4.73. The van der Waals surface area contributed by atoms with E-state index in [1.807, 2.05) is 17.5 Å². The van der Waals surface area contributed by atoms with Gasteiger partial charge in [-0.25, -0.2) is 0 Å². The monoisotopic (exact) mass is 339 g/mol. The lowest BCUT2D eigenvalue weighted by atomic mass is 10.1. The minimum Gasteiger partial charge on any atom is -0.339 e. The third-order valence-electron chi connectivity index (χ3n) is 3.86. The number of carbonyl (C=O) groups excluding carboxylic acids is 2. The fourth-order valence-corrected chi connectivity index (χ4v) is 3.34. The molecule has 7 heteroatoms. The van der Waals surface area contributed by atoms with Crippen LogP contribution in [0.3, 0.4) is 0 Å². The molecule has 0 saturated carbocycles. The summed E-state index contributed by atoms with van der Waals surface area (Å²) in [6.45, 7) is 0.336. The van der Waals surface area contributed by atoms with E-state index in [0.29, 0.717) is 42.2 Å². The van der Waals surface area contributed by atoms with Crippen LogP contribution in [0.5, 0.6) is 0 Å². The van der Waals surface area contributed by atoms with Crippen molar-refractivity contribution in [3.05, 3.63) is 58.8 Å². The van der Waals surface area contributed by atoms with Gasteiger partial charge in [0.2, 0.25) is 11.7 Å². The van der Waals surface area contributed by atoms with Crippen molar-refractivity contribution in [2.24, 2.45) is 0 Å². The van der Waals surface area contributed by atoms with Gasteiger partial charge in [-0.2, -0.15) is 4.98 Å². The Morgan fingerprint density at radius 1 is 1.04 bits per heavy atom. The molecule has 24 heavy (non-hydrogen) atoms. The maximum Gasteiger partial charge on any atom is 0.261 e. The number of amides is 2. The Hall–Kier alpha value is -2.80. The Morgan fingerprint density at radius 3 is 2.46 bits per heavy atom. The van der Waals surface area contributed by atoms with Crippen LogP contribution in [-0.2, 0) is 6.42 Å². The average molecular weight is 339 g/mol. The SMILES string of the molecule is O=C1c2ccccc2C(=O)N1CCCc1nc(-c2cccs2)no1. The molecule has 1 aliphatic rings. The van der Waals surface area contributed by atoms with Crippen molar-refractivity contribution >= 4 is 23.2 Å². The van der Waals surface area contributed by atoms with E-state index in [1.54, 1.807) is 35.6 Å². The van der Waals surface area contributed by atoms with Crippen molar-refractivity contribution < 1.29 is 14.1 Å². The van der Waals surface area contributed by atoms with Crippen LogP contribution in [0.2, 0.25) is 0 Å². The Kier molecular flexibility index (Phi) is 3.70. The van der Waals surface area contributed by atoms with Crippen LogP contribution in [0.1, 0.15) is 33.0 Å². The number of rotatable bonds is 5. The van der Waals surface area contributed by atoms with Crippen LogP contribution >= 0.6 is 11.3 Å². The van der Waals surface area contributed by atoms with Crippen molar-refractivity contribution in [1.82, 2.24) is 15.0 Å². The number of carbonyl (C=O) groups is 2. The zero-order valence-electron chi connectivity index (χ0n) is 12.6. The number of aromatic nitrogens is 2. The highest BCUT2D eigenvalue weighted by Crippen LogP contribution is 2.24. The molecule has 0 bridgehead atoms. The quantitative estimate of drug-likeness (QED) is 0.668. The minimum atomic E-state index is -0.236. The second-order valence-electron chi connectivity index (χ2n) is 5.40. The summed E-state index contributed by atoms with van der Waals surface area (Å²) < 4.78 is 5.23. The van der Waals surface area contributed by atoms with Crippen molar-refractivity contribution in [2.45, 2.75) is 12.8 Å². The Morgan fingerprint density at radius 2 is 1.79 bits per heavy atom. The van der Waals surface area contributed by atoms with Gasteiger partial charge in [0.1, 0.15) is 0 Å². The fraction of sp³-hybridized carbons (Fsp3) is 0.176. The lowest BCUT2D eigenvalue weighted by Gasteiger charge is -2.12. The maximum atomic E-state index is 12.3. The molecule has 2 aromatic heterocycles. The zero-order chi connectivity index (χ0) is 16.5. The van der Waals surface area contributed by atoms with Crippen LogP contribution in [0.25, 0.3) is 10.7 Å². The number of thiophene rings is 1. The van der Waals surface area contributed by atoms with Gasteiger partial charge in [0.05, 0.1) is 16.0 Å². The lowest BCUT2D eigenvalue weighted by Crippen LogP contribution is -2.30. The summed E-state index contributed by atoms with van der Waals surface area (Å²) in [7, 11) is 0. The van der Waals surface area contributed by atoms with Crippen LogP contribution in [0, 0.1) is 0 Å². The Bertz CT molecular complexity index is 866. The Labute approximate surface area is 141 Å². The predicted molar refractivity (Wildman–Crippen MR) is 87.7 cm³/mol. The van der Waals surface area contributed by atoms with Crippen molar-refractivity contribution in [3.8, 4) is 10.7 Å². The van der Waals surface area contributed by atoms with Crippen LogP contribution < -0.4 is 0 Å². The third kappa shape index (κ3) is 2.52. The first kappa shape index (κ1) is 14.8. The summed E-state index contributed by atoms with van der Waals surface area (Å²) in [6.07, 6.45) is 1.10. The van der Waals surface area contributed by atoms with E-state index in [1.165, 1.54) is 4.90 Å². The number of imide groups is 1. The molecule has 0 N–H and O–H groups in total. The number of benzene rings is 1. The number of hydrogen-bond donors (Lipinski definition) is 0. The molecule has 3 aromatic rings. The van der Waals surface area contributed by atoms with Gasteiger partial charge in [-0.3, -0.25) is 14.5 Å². The first-order valence-corrected chi connectivity index (χ1v) is 8.43. The molecule has 6 nitrogen and oxygen atoms in total. The normalized spacial score (nSPS) is 13.6. The molecular formula is C17H13N3O3S. The topological polar surface area (TPSA) is 76.3 Å². The van der Waals surface area contributed by atoms with Crippen molar-refractivity contribution in [1.29, 1.82) is 0 Å². The van der Waals surface area contributed by atoms with E-state index in [4.69, 9.17) is 4.52 Å². The molecule has 0 atom stereocenters. The van der Waals surface area contributed by atoms with Gasteiger partial charge < -0.3 is 4.52 Å². The van der Waals surface area contributed by atoms with Gasteiger partial charge >= 0.3 is 0 Å². The van der Waals surface area contributed by atoms with E-state index < -0.39 is 0 Å². The summed E-state index contributed by atoms with van der Waals surface area (Å²) in [5.74, 6) is 0.608. The smallest absolute Gasteiger partial charge is 0.261 e. The molecule has 0 fully saturated rings. The number of aryl methyl sites for hydroxylation is 1. The summed E-state index contributed by atoms with van der Waals surface area (Å²) in [5, 5.41) is 5.90. The molecule has 2 amide bonds. The molecule has 4 rings (SSSR count). The molecule has 0 saturated heterocycles. The molecule has 1 aliphatic heterocycles. The summed E-state index contributed by atoms with van der Waals surface area (Å²) in [6, 6.07) is 10.7. The van der Waals surface area contributed by atoms with Gasteiger partial charge in [0.15, 0.2) is 0 Å². The zero-order valence-corrected chi connectivity index (χ0v) is 13.5. The first-order valence-electron chi connectivity index (χ1n) is 7.56. The maximum absolute atomic E-state index is 12.3. The first-order chi connectivity index (χ1) is 11.7. The highest BCUT2D eigenvalue weighted by molar-refractivity contribution is 7.13. The molecule has 1 aromatic carbocycles. The highest BCUT2D eigenvalue weighted by Gasteiger charge is 2.34. The van der Waals surface area contributed by atoms with Gasteiger partial charge in [-0.05, 0) is 30.0 Å². The van der Waals surface area contributed by atoms with Gasteiger partial charge in [0, 0.05) is 13.0 Å². The summed E-state index contributed by atoms with van der Waals surface area (Å²) in [5.41, 5.74) is 0.945. The second kappa shape index (κ2) is 6.01. The predicted octanol–water partition coefficient (Wildman–Crippen LogP) is 3.03. The van der Waals surface area contributed by atoms with E-state index in [2.05, 4.69) is 10.1 Å². The van der Waals surface area contributed by atoms with E-state index in [9.17, 15) is 9.59 Å². The molecular weight excluding hydrogens is 326 g/mol. The molecule has 3 heterocycles. The van der Waals surface area contributed by atoms with Crippen LogP contribution in [0.15, 0.2) is 46.3 Å². The van der Waals surface area contributed by atoms with Crippen LogP contribution in [-0.4, -0.2) is 33.4 Å². The van der Waals surface area contributed by atoms with Gasteiger partial charge in [-0.1, -0.05) is 23.4 Å². The minimum absolute atomic E-state index is 0.236. The number of hydrogen-bond acceptors (Lipinski definition) is 6. The van der Waals surface area contributed by atoms with E-state index >= 15 is 0 Å². The number of nitrogens with zero attached hydrogens (tertiary/aromatic N) is 3. The molecule has 120 valence electrons. The lowest BCUT2D eigenvalue weighted by molar-refractivity contribution is 0.0651. The van der Waals surface area contributed by atoms with Gasteiger partial charge in [-0.15, -0.1) is 11.3 Å². The Balaban J connectivity index is 1.39. The van der Waals surface area contributed by atoms with Crippen molar-refractivity contribution in [3.63, 3.8) is 0 Å². The van der Waals surface area contributed by atoms with E-state index in [-0.39, 0.29) is 11.8 Å². The molecule has 0 radical (unpaired) electrons. The van der Waals surface area contributed by atoms with Crippen LogP contribution in [0.4, 0.5) is 0 Å². The average Bonchev–Trinajstić information content (AvgIpc) is 3.32. The highest BCUT2D eigenvalue weighted by atomic mass is 32.1. The molecule has 0 aliphatic carbocycles. The molecule has 0 spiro atoms. The largest absolute Gasteiger partial charge is 0.339 e. The van der Waals surface area contributed by atoms with E-state index in [0.717, 1.165) is 4.88 Å².